The Hall–Kier alpha value is -1.89. The molecule has 0 aromatic carbocycles. The highest BCUT2D eigenvalue weighted by Gasteiger charge is 2.16. The van der Waals surface area contributed by atoms with E-state index in [2.05, 4.69) is 15.4 Å². The van der Waals surface area contributed by atoms with E-state index in [1.807, 2.05) is 39.6 Å². The fourth-order valence-corrected chi connectivity index (χ4v) is 1.94. The number of carbonyl (C=O) groups is 1. The van der Waals surface area contributed by atoms with Crippen LogP contribution in [0.3, 0.4) is 0 Å². The molecule has 1 rings (SSSR count). The Bertz CT molecular complexity index is 473. The predicted molar refractivity (Wildman–Crippen MR) is 85.1 cm³/mol. The van der Waals surface area contributed by atoms with Gasteiger partial charge in [-0.25, -0.2) is 15.8 Å². The summed E-state index contributed by atoms with van der Waals surface area (Å²) in [7, 11) is 1.84. The van der Waals surface area contributed by atoms with Crippen molar-refractivity contribution in [3.63, 3.8) is 0 Å². The molecule has 0 saturated heterocycles. The van der Waals surface area contributed by atoms with E-state index in [0.717, 1.165) is 0 Å². The summed E-state index contributed by atoms with van der Waals surface area (Å²) in [6, 6.07) is 1.74. The van der Waals surface area contributed by atoms with Crippen LogP contribution in [0.25, 0.3) is 0 Å². The number of hydrazine groups is 1. The van der Waals surface area contributed by atoms with Crippen LogP contribution in [0.2, 0.25) is 0 Å². The van der Waals surface area contributed by atoms with Gasteiger partial charge in [0.05, 0.1) is 6.54 Å². The Kier molecular flexibility index (Phi) is 6.36. The minimum atomic E-state index is 0.0782. The van der Waals surface area contributed by atoms with Gasteiger partial charge >= 0.3 is 0 Å². The zero-order valence-corrected chi connectivity index (χ0v) is 13.6. The van der Waals surface area contributed by atoms with Gasteiger partial charge in [0.2, 0.25) is 5.91 Å². The Labute approximate surface area is 126 Å². The SMILES string of the molecule is CCN(CC)C(=O)CN(C)c1cc(NN)nc(C(C)C)n1. The van der Waals surface area contributed by atoms with Crippen molar-refractivity contribution in [3.05, 3.63) is 11.9 Å². The number of nitrogen functional groups attached to an aromatic ring is 1. The molecule has 1 aromatic rings. The minimum Gasteiger partial charge on any atom is -0.350 e. The van der Waals surface area contributed by atoms with E-state index < -0.39 is 0 Å². The number of nitrogens with two attached hydrogens (primary N) is 1. The molecule has 0 bridgehead atoms. The van der Waals surface area contributed by atoms with Gasteiger partial charge in [0, 0.05) is 32.1 Å². The molecule has 0 spiro atoms. The van der Waals surface area contributed by atoms with Crippen LogP contribution in [0.4, 0.5) is 11.6 Å². The summed E-state index contributed by atoms with van der Waals surface area (Å²) < 4.78 is 0. The second-order valence-electron chi connectivity index (χ2n) is 5.19. The average molecular weight is 294 g/mol. The molecule has 3 N–H and O–H groups in total. The van der Waals surface area contributed by atoms with E-state index in [9.17, 15) is 4.79 Å². The first kappa shape index (κ1) is 17.2. The number of aromatic nitrogens is 2. The molecule has 21 heavy (non-hydrogen) atoms. The van der Waals surface area contributed by atoms with Crippen molar-refractivity contribution in [1.29, 1.82) is 0 Å². The molecule has 0 atom stereocenters. The Morgan fingerprint density at radius 1 is 1.33 bits per heavy atom. The van der Waals surface area contributed by atoms with Crippen LogP contribution in [0.1, 0.15) is 39.4 Å². The van der Waals surface area contributed by atoms with Crippen LogP contribution in [-0.4, -0.2) is 47.5 Å². The Morgan fingerprint density at radius 3 is 2.43 bits per heavy atom. The molecule has 0 aliphatic carbocycles. The van der Waals surface area contributed by atoms with E-state index in [0.29, 0.717) is 30.5 Å². The van der Waals surface area contributed by atoms with E-state index in [-0.39, 0.29) is 18.4 Å². The minimum absolute atomic E-state index is 0.0782. The van der Waals surface area contributed by atoms with Gasteiger partial charge in [0.25, 0.3) is 0 Å². The standard InChI is InChI=1S/C14H26N6O/c1-6-20(7-2)13(21)9-19(5)12-8-11(18-15)16-14(17-12)10(3)4/h8,10H,6-7,9,15H2,1-5H3,(H,16,17,18). The van der Waals surface area contributed by atoms with Crippen molar-refractivity contribution in [3.8, 4) is 0 Å². The maximum atomic E-state index is 12.2. The molecule has 0 radical (unpaired) electrons. The van der Waals surface area contributed by atoms with Crippen molar-refractivity contribution in [2.24, 2.45) is 5.84 Å². The number of hydrogen-bond acceptors (Lipinski definition) is 6. The van der Waals surface area contributed by atoms with Gasteiger partial charge in [-0.05, 0) is 13.8 Å². The van der Waals surface area contributed by atoms with Crippen LogP contribution < -0.4 is 16.2 Å². The Balaban J connectivity index is 2.93. The lowest BCUT2D eigenvalue weighted by Gasteiger charge is -2.24. The number of rotatable bonds is 7. The number of nitrogens with zero attached hydrogens (tertiary/aromatic N) is 4. The second-order valence-corrected chi connectivity index (χ2v) is 5.19. The van der Waals surface area contributed by atoms with Gasteiger partial charge in [0.15, 0.2) is 0 Å². The third-order valence-electron chi connectivity index (χ3n) is 3.27. The summed E-state index contributed by atoms with van der Waals surface area (Å²) >= 11 is 0. The van der Waals surface area contributed by atoms with Crippen molar-refractivity contribution >= 4 is 17.5 Å². The lowest BCUT2D eigenvalue weighted by molar-refractivity contribution is -0.129. The second kappa shape index (κ2) is 7.78. The van der Waals surface area contributed by atoms with Crippen molar-refractivity contribution < 1.29 is 4.79 Å². The van der Waals surface area contributed by atoms with E-state index in [4.69, 9.17) is 5.84 Å². The maximum absolute atomic E-state index is 12.2. The third-order valence-corrected chi connectivity index (χ3v) is 3.27. The zero-order chi connectivity index (χ0) is 16.0. The van der Waals surface area contributed by atoms with Gasteiger partial charge in [-0.3, -0.25) is 4.79 Å². The summed E-state index contributed by atoms with van der Waals surface area (Å²) in [5.41, 5.74) is 2.54. The molecule has 1 amide bonds. The molecule has 1 heterocycles. The van der Waals surface area contributed by atoms with Crippen molar-refractivity contribution in [2.75, 3.05) is 37.0 Å². The first-order chi connectivity index (χ1) is 9.92. The molecule has 7 heteroatoms. The van der Waals surface area contributed by atoms with Crippen LogP contribution >= 0.6 is 0 Å². The summed E-state index contributed by atoms with van der Waals surface area (Å²) in [6.45, 7) is 9.67. The summed E-state index contributed by atoms with van der Waals surface area (Å²) in [5.74, 6) is 7.64. The van der Waals surface area contributed by atoms with E-state index in [1.54, 1.807) is 11.0 Å². The molecule has 1 aromatic heterocycles. The smallest absolute Gasteiger partial charge is 0.242 e. The number of carbonyl (C=O) groups excluding carboxylic acids is 1. The third kappa shape index (κ3) is 4.56. The Morgan fingerprint density at radius 2 is 1.95 bits per heavy atom. The topological polar surface area (TPSA) is 87.4 Å². The molecule has 0 aliphatic rings. The largest absolute Gasteiger partial charge is 0.350 e. The zero-order valence-electron chi connectivity index (χ0n) is 13.6. The van der Waals surface area contributed by atoms with E-state index >= 15 is 0 Å². The quantitative estimate of drug-likeness (QED) is 0.580. The highest BCUT2D eigenvalue weighted by atomic mass is 16.2. The first-order valence-corrected chi connectivity index (χ1v) is 7.27. The molecule has 118 valence electrons. The van der Waals surface area contributed by atoms with E-state index in [1.165, 1.54) is 0 Å². The van der Waals surface area contributed by atoms with Crippen LogP contribution in [0.5, 0.6) is 0 Å². The summed E-state index contributed by atoms with van der Waals surface area (Å²) in [4.78, 5) is 24.6. The molecular formula is C14H26N6O. The number of likely N-dealkylation sites (N-methyl/N-ethyl adjacent to an activating group) is 2. The highest BCUT2D eigenvalue weighted by molar-refractivity contribution is 5.81. The van der Waals surface area contributed by atoms with Crippen LogP contribution in [0.15, 0.2) is 6.07 Å². The average Bonchev–Trinajstić information content (AvgIpc) is 2.47. The molecular weight excluding hydrogens is 268 g/mol. The number of anilines is 2. The number of hydrogen-bond donors (Lipinski definition) is 2. The molecule has 0 aliphatic heterocycles. The molecule has 0 unspecified atom stereocenters. The predicted octanol–water partition coefficient (Wildman–Crippen LogP) is 1.19. The maximum Gasteiger partial charge on any atom is 0.242 e. The lowest BCUT2D eigenvalue weighted by atomic mass is 10.2. The molecule has 0 saturated carbocycles. The molecule has 0 fully saturated rings. The number of amides is 1. The first-order valence-electron chi connectivity index (χ1n) is 7.27. The van der Waals surface area contributed by atoms with Gasteiger partial charge < -0.3 is 15.2 Å². The summed E-state index contributed by atoms with van der Waals surface area (Å²) in [6.07, 6.45) is 0. The highest BCUT2D eigenvalue weighted by Crippen LogP contribution is 2.18. The molecule has 7 nitrogen and oxygen atoms in total. The van der Waals surface area contributed by atoms with Gasteiger partial charge in [-0.15, -0.1) is 0 Å². The van der Waals surface area contributed by atoms with Crippen molar-refractivity contribution in [1.82, 2.24) is 14.9 Å². The van der Waals surface area contributed by atoms with Gasteiger partial charge in [0.1, 0.15) is 17.5 Å². The van der Waals surface area contributed by atoms with Crippen LogP contribution in [-0.2, 0) is 4.79 Å². The monoisotopic (exact) mass is 294 g/mol. The van der Waals surface area contributed by atoms with Crippen molar-refractivity contribution in [2.45, 2.75) is 33.6 Å². The van der Waals surface area contributed by atoms with Crippen LogP contribution in [0, 0.1) is 0 Å². The number of nitrogens with one attached hydrogen (secondary N) is 1. The van der Waals surface area contributed by atoms with Gasteiger partial charge in [-0.2, -0.15) is 0 Å². The fourth-order valence-electron chi connectivity index (χ4n) is 1.94. The normalized spacial score (nSPS) is 10.6. The summed E-state index contributed by atoms with van der Waals surface area (Å²) in [5, 5.41) is 0. The fraction of sp³-hybridized carbons (Fsp3) is 0.643. The van der Waals surface area contributed by atoms with Gasteiger partial charge in [-0.1, -0.05) is 13.8 Å². The lowest BCUT2D eigenvalue weighted by Crippen LogP contribution is -2.39.